The highest BCUT2D eigenvalue weighted by molar-refractivity contribution is 6.01. The molecule has 0 bridgehead atoms. The van der Waals surface area contributed by atoms with Crippen LogP contribution in [0.2, 0.25) is 0 Å². The lowest BCUT2D eigenvalue weighted by Gasteiger charge is -2.26. The van der Waals surface area contributed by atoms with Gasteiger partial charge in [0.25, 0.3) is 0 Å². The van der Waals surface area contributed by atoms with Gasteiger partial charge in [0.05, 0.1) is 0 Å². The van der Waals surface area contributed by atoms with Gasteiger partial charge in [-0.25, -0.2) is 0 Å². The summed E-state index contributed by atoms with van der Waals surface area (Å²) in [5.74, 6) is 0. The predicted octanol–water partition coefficient (Wildman–Crippen LogP) is 14.1. The minimum absolute atomic E-state index is 1.11. The molecule has 0 saturated heterocycles. The molecule has 0 aliphatic heterocycles. The summed E-state index contributed by atoms with van der Waals surface area (Å²) in [5, 5.41) is 5.04. The fraction of sp³-hybridized carbons (Fsp3) is 0. The van der Waals surface area contributed by atoms with Crippen molar-refractivity contribution in [2.75, 3.05) is 4.90 Å². The third kappa shape index (κ3) is 5.86. The highest BCUT2D eigenvalue weighted by Crippen LogP contribution is 2.41. The normalized spacial score (nSPS) is 11.1. The topological polar surface area (TPSA) is 3.24 Å². The average molecular weight is 650 g/mol. The second-order valence-corrected chi connectivity index (χ2v) is 12.9. The van der Waals surface area contributed by atoms with Crippen LogP contribution in [0.15, 0.2) is 212 Å². The Morgan fingerprint density at radius 3 is 1.33 bits per heavy atom. The largest absolute Gasteiger partial charge is 0.311 e. The van der Waals surface area contributed by atoms with Crippen LogP contribution in [0.4, 0.5) is 17.1 Å². The molecular formula is C50H35N. The van der Waals surface area contributed by atoms with Gasteiger partial charge < -0.3 is 4.90 Å². The fourth-order valence-electron chi connectivity index (χ4n) is 7.37. The molecule has 9 aromatic carbocycles. The van der Waals surface area contributed by atoms with Crippen molar-refractivity contribution in [3.05, 3.63) is 212 Å². The maximum Gasteiger partial charge on any atom is 0.0462 e. The van der Waals surface area contributed by atoms with Gasteiger partial charge in [0.15, 0.2) is 0 Å². The van der Waals surface area contributed by atoms with Crippen LogP contribution in [0.1, 0.15) is 0 Å². The Bertz CT molecular complexity index is 2590. The molecule has 0 N–H and O–H groups in total. The number of benzene rings is 9. The Morgan fingerprint density at radius 1 is 0.235 bits per heavy atom. The number of hydrogen-bond donors (Lipinski definition) is 0. The maximum atomic E-state index is 2.35. The summed E-state index contributed by atoms with van der Waals surface area (Å²) in [7, 11) is 0. The summed E-state index contributed by atoms with van der Waals surface area (Å²) in [4.78, 5) is 2.33. The molecule has 1 nitrogen and oxygen atoms in total. The molecule has 0 aliphatic carbocycles. The highest BCUT2D eigenvalue weighted by Gasteiger charge is 2.15. The Labute approximate surface area is 299 Å². The molecule has 0 heterocycles. The molecule has 0 saturated carbocycles. The first kappa shape index (κ1) is 30.4. The van der Waals surface area contributed by atoms with Gasteiger partial charge in [0, 0.05) is 17.1 Å². The van der Waals surface area contributed by atoms with Gasteiger partial charge in [-0.3, -0.25) is 0 Å². The van der Waals surface area contributed by atoms with E-state index >= 15 is 0 Å². The van der Waals surface area contributed by atoms with Gasteiger partial charge in [-0.1, -0.05) is 170 Å². The van der Waals surface area contributed by atoms with Crippen molar-refractivity contribution < 1.29 is 0 Å². The van der Waals surface area contributed by atoms with Crippen LogP contribution < -0.4 is 4.90 Å². The number of para-hydroxylation sites is 1. The van der Waals surface area contributed by atoms with E-state index in [9.17, 15) is 0 Å². The van der Waals surface area contributed by atoms with Crippen LogP contribution in [-0.4, -0.2) is 0 Å². The van der Waals surface area contributed by atoms with Gasteiger partial charge in [-0.2, -0.15) is 0 Å². The van der Waals surface area contributed by atoms with Crippen molar-refractivity contribution in [1.29, 1.82) is 0 Å². The molecule has 240 valence electrons. The van der Waals surface area contributed by atoms with Gasteiger partial charge in [-0.05, 0) is 109 Å². The zero-order chi connectivity index (χ0) is 34.0. The van der Waals surface area contributed by atoms with Crippen LogP contribution in [0, 0.1) is 0 Å². The molecule has 0 spiro atoms. The van der Waals surface area contributed by atoms with Crippen molar-refractivity contribution in [1.82, 2.24) is 0 Å². The average Bonchev–Trinajstić information content (AvgIpc) is 3.22. The lowest BCUT2D eigenvalue weighted by Crippen LogP contribution is -2.09. The summed E-state index contributed by atoms with van der Waals surface area (Å²) < 4.78 is 0. The van der Waals surface area contributed by atoms with E-state index in [1.54, 1.807) is 0 Å². The van der Waals surface area contributed by atoms with E-state index in [1.165, 1.54) is 66.1 Å². The van der Waals surface area contributed by atoms with Crippen molar-refractivity contribution >= 4 is 38.6 Å². The molecule has 0 aromatic heterocycles. The third-order valence-electron chi connectivity index (χ3n) is 9.88. The minimum Gasteiger partial charge on any atom is -0.311 e. The van der Waals surface area contributed by atoms with Crippen LogP contribution in [0.25, 0.3) is 66.1 Å². The second kappa shape index (κ2) is 13.3. The van der Waals surface area contributed by atoms with Crippen molar-refractivity contribution in [3.8, 4) is 44.5 Å². The van der Waals surface area contributed by atoms with Crippen molar-refractivity contribution in [2.45, 2.75) is 0 Å². The van der Waals surface area contributed by atoms with Gasteiger partial charge in [0.1, 0.15) is 0 Å². The number of nitrogens with zero attached hydrogens (tertiary/aromatic N) is 1. The van der Waals surface area contributed by atoms with E-state index in [-0.39, 0.29) is 0 Å². The van der Waals surface area contributed by atoms with E-state index in [1.807, 2.05) is 0 Å². The molecule has 1 heteroatoms. The SMILES string of the molecule is c1ccc(-c2cc(-c3ccc(N(c4ccccc4)c4ccc(-c5cccc6ccccc56)cc4)cc3)ccc2-c2cccc3ccccc23)cc1. The number of hydrogen-bond acceptors (Lipinski definition) is 1. The van der Waals surface area contributed by atoms with E-state index in [4.69, 9.17) is 0 Å². The monoisotopic (exact) mass is 649 g/mol. The smallest absolute Gasteiger partial charge is 0.0462 e. The molecule has 0 unspecified atom stereocenters. The minimum atomic E-state index is 1.11. The first-order valence-corrected chi connectivity index (χ1v) is 17.5. The summed E-state index contributed by atoms with van der Waals surface area (Å²) in [6.45, 7) is 0. The predicted molar refractivity (Wildman–Crippen MR) is 218 cm³/mol. The van der Waals surface area contributed by atoms with E-state index in [0.29, 0.717) is 0 Å². The van der Waals surface area contributed by atoms with E-state index < -0.39 is 0 Å². The lowest BCUT2D eigenvalue weighted by atomic mass is 9.89. The third-order valence-corrected chi connectivity index (χ3v) is 9.88. The molecule has 0 atom stereocenters. The molecule has 9 aromatic rings. The Kier molecular flexibility index (Phi) is 7.92. The summed E-state index contributed by atoms with van der Waals surface area (Å²) in [5.41, 5.74) is 13.1. The lowest BCUT2D eigenvalue weighted by molar-refractivity contribution is 1.28. The number of rotatable bonds is 7. The van der Waals surface area contributed by atoms with E-state index in [0.717, 1.165) is 17.1 Å². The van der Waals surface area contributed by atoms with Crippen LogP contribution >= 0.6 is 0 Å². The molecule has 0 aliphatic rings. The van der Waals surface area contributed by atoms with Crippen LogP contribution in [-0.2, 0) is 0 Å². The summed E-state index contributed by atoms with van der Waals surface area (Å²) in [6, 6.07) is 76.5. The first-order chi connectivity index (χ1) is 25.3. The fourth-order valence-corrected chi connectivity index (χ4v) is 7.37. The summed E-state index contributed by atoms with van der Waals surface area (Å²) >= 11 is 0. The molecule has 0 amide bonds. The van der Waals surface area contributed by atoms with Crippen molar-refractivity contribution in [2.24, 2.45) is 0 Å². The molecule has 0 fully saturated rings. The quantitative estimate of drug-likeness (QED) is 0.166. The Hall–Kier alpha value is -6.70. The maximum absolute atomic E-state index is 2.35. The van der Waals surface area contributed by atoms with Gasteiger partial charge in [0.2, 0.25) is 0 Å². The Balaban J connectivity index is 1.09. The molecule has 0 radical (unpaired) electrons. The standard InChI is InChI=1S/C50H35N/c1-3-13-39(14-4-1)50-35-41(29-34-49(50)48-24-12-18-38-16-8-10-22-47(38)48)36-25-30-43(31-26-36)51(42-19-5-2-6-20-42)44-32-27-40(28-33-44)46-23-11-17-37-15-7-9-21-45(37)46/h1-35H. The second-order valence-electron chi connectivity index (χ2n) is 12.9. The zero-order valence-electron chi connectivity index (χ0n) is 28.2. The van der Waals surface area contributed by atoms with Gasteiger partial charge in [-0.15, -0.1) is 0 Å². The zero-order valence-corrected chi connectivity index (χ0v) is 28.2. The molecule has 9 rings (SSSR count). The van der Waals surface area contributed by atoms with Crippen LogP contribution in [0.5, 0.6) is 0 Å². The van der Waals surface area contributed by atoms with Crippen molar-refractivity contribution in [3.63, 3.8) is 0 Å². The Morgan fingerprint density at radius 2 is 0.686 bits per heavy atom. The first-order valence-electron chi connectivity index (χ1n) is 17.5. The summed E-state index contributed by atoms with van der Waals surface area (Å²) in [6.07, 6.45) is 0. The molecule has 51 heavy (non-hydrogen) atoms. The van der Waals surface area contributed by atoms with E-state index in [2.05, 4.69) is 217 Å². The van der Waals surface area contributed by atoms with Crippen LogP contribution in [0.3, 0.4) is 0 Å². The number of fused-ring (bicyclic) bond motifs is 2. The van der Waals surface area contributed by atoms with Gasteiger partial charge >= 0.3 is 0 Å². The number of anilines is 3. The highest BCUT2D eigenvalue weighted by atomic mass is 15.1. The molecular weight excluding hydrogens is 615 g/mol.